The number of aromatic nitrogens is 2. The van der Waals surface area contributed by atoms with Crippen LogP contribution in [0.3, 0.4) is 0 Å². The molecule has 0 radical (unpaired) electrons. The van der Waals surface area contributed by atoms with Gasteiger partial charge in [0.05, 0.1) is 5.69 Å². The highest BCUT2D eigenvalue weighted by atomic mass is 16.2. The molecule has 6 nitrogen and oxygen atoms in total. The molecule has 4 rings (SSSR count). The Morgan fingerprint density at radius 1 is 0.906 bits per heavy atom. The minimum atomic E-state index is -0.319. The second-order valence-corrected chi connectivity index (χ2v) is 7.51. The van der Waals surface area contributed by atoms with Gasteiger partial charge in [-0.25, -0.2) is 4.68 Å². The summed E-state index contributed by atoms with van der Waals surface area (Å²) in [5.74, 6) is -0.301. The maximum atomic E-state index is 12.6. The zero-order chi connectivity index (χ0) is 22.5. The van der Waals surface area contributed by atoms with E-state index in [0.29, 0.717) is 11.4 Å². The summed E-state index contributed by atoms with van der Waals surface area (Å²) in [6, 6.07) is 24.8. The van der Waals surface area contributed by atoms with Crippen LogP contribution in [0.5, 0.6) is 0 Å². The van der Waals surface area contributed by atoms with Crippen molar-refractivity contribution in [1.29, 1.82) is 0 Å². The molecule has 0 fully saturated rings. The van der Waals surface area contributed by atoms with Gasteiger partial charge in [0.25, 0.3) is 5.56 Å². The summed E-state index contributed by atoms with van der Waals surface area (Å²) in [5, 5.41) is 9.46. The van der Waals surface area contributed by atoms with Crippen LogP contribution in [-0.4, -0.2) is 28.8 Å². The Balaban J connectivity index is 1.53. The molecule has 0 saturated heterocycles. The van der Waals surface area contributed by atoms with Crippen LogP contribution in [-0.2, 0) is 11.3 Å². The Kier molecular flexibility index (Phi) is 6.31. The van der Waals surface area contributed by atoms with Crippen LogP contribution in [0, 0.1) is 0 Å². The van der Waals surface area contributed by atoms with Crippen molar-refractivity contribution in [2.75, 3.05) is 23.3 Å². The molecule has 0 aliphatic carbocycles. The van der Waals surface area contributed by atoms with Gasteiger partial charge in [-0.3, -0.25) is 9.59 Å². The van der Waals surface area contributed by atoms with E-state index >= 15 is 0 Å². The van der Waals surface area contributed by atoms with Gasteiger partial charge in [-0.1, -0.05) is 42.5 Å². The second kappa shape index (κ2) is 9.47. The van der Waals surface area contributed by atoms with E-state index in [1.54, 1.807) is 6.07 Å². The zero-order valence-electron chi connectivity index (χ0n) is 18.3. The third-order valence-corrected chi connectivity index (χ3v) is 5.51. The Bertz CT molecular complexity index is 1290. The van der Waals surface area contributed by atoms with Crippen molar-refractivity contribution in [3.63, 3.8) is 0 Å². The highest BCUT2D eigenvalue weighted by Gasteiger charge is 2.11. The highest BCUT2D eigenvalue weighted by molar-refractivity contribution is 5.95. The number of rotatable bonds is 7. The Labute approximate surface area is 187 Å². The van der Waals surface area contributed by atoms with Crippen molar-refractivity contribution in [3.8, 4) is 11.3 Å². The summed E-state index contributed by atoms with van der Waals surface area (Å²) in [6.45, 7) is 5.90. The number of hydrogen-bond acceptors (Lipinski definition) is 4. The zero-order valence-corrected chi connectivity index (χ0v) is 18.3. The van der Waals surface area contributed by atoms with Gasteiger partial charge < -0.3 is 10.2 Å². The molecule has 1 heterocycles. The van der Waals surface area contributed by atoms with E-state index in [4.69, 9.17) is 0 Å². The molecule has 0 aliphatic heterocycles. The third-order valence-electron chi connectivity index (χ3n) is 5.51. The maximum Gasteiger partial charge on any atom is 0.267 e. The van der Waals surface area contributed by atoms with E-state index < -0.39 is 0 Å². The summed E-state index contributed by atoms with van der Waals surface area (Å²) in [4.78, 5) is 27.2. The molecule has 1 aromatic heterocycles. The predicted molar refractivity (Wildman–Crippen MR) is 130 cm³/mol. The number of fused-ring (bicyclic) bond motifs is 1. The monoisotopic (exact) mass is 426 g/mol. The van der Waals surface area contributed by atoms with Crippen molar-refractivity contribution in [1.82, 2.24) is 9.78 Å². The standard InChI is InChI=1S/C26H26N4O2/c1-3-29(4-2)21-14-12-20(13-15-21)27-25(31)18-30-26(32)17-16-24(28-30)23-11-7-9-19-8-5-6-10-22(19)23/h5-17H,3-4,18H2,1-2H3,(H,27,31). The number of carbonyl (C=O) groups is 1. The molecular weight excluding hydrogens is 400 g/mol. The smallest absolute Gasteiger partial charge is 0.267 e. The number of hydrogen-bond donors (Lipinski definition) is 1. The molecule has 162 valence electrons. The van der Waals surface area contributed by atoms with Crippen molar-refractivity contribution in [2.24, 2.45) is 0 Å². The molecule has 1 amide bonds. The normalized spacial score (nSPS) is 10.8. The third kappa shape index (κ3) is 4.54. The first kappa shape index (κ1) is 21.3. The van der Waals surface area contributed by atoms with E-state index in [0.717, 1.165) is 35.1 Å². The molecule has 3 aromatic carbocycles. The van der Waals surface area contributed by atoms with Crippen LogP contribution < -0.4 is 15.8 Å². The largest absolute Gasteiger partial charge is 0.372 e. The number of amides is 1. The average molecular weight is 427 g/mol. The molecule has 4 aromatic rings. The quantitative estimate of drug-likeness (QED) is 0.471. The summed E-state index contributed by atoms with van der Waals surface area (Å²) < 4.78 is 1.21. The van der Waals surface area contributed by atoms with E-state index in [1.165, 1.54) is 10.7 Å². The SMILES string of the molecule is CCN(CC)c1ccc(NC(=O)Cn2nc(-c3cccc4ccccc34)ccc2=O)cc1. The van der Waals surface area contributed by atoms with Gasteiger partial charge in [0.1, 0.15) is 6.54 Å². The first-order valence-corrected chi connectivity index (χ1v) is 10.8. The lowest BCUT2D eigenvalue weighted by Crippen LogP contribution is -2.29. The van der Waals surface area contributed by atoms with Gasteiger partial charge in [0, 0.05) is 36.1 Å². The Morgan fingerprint density at radius 3 is 2.38 bits per heavy atom. The van der Waals surface area contributed by atoms with Crippen LogP contribution in [0.25, 0.3) is 22.0 Å². The average Bonchev–Trinajstić information content (AvgIpc) is 2.82. The predicted octanol–water partition coefficient (Wildman–Crippen LogP) is 4.55. The van der Waals surface area contributed by atoms with E-state index in [-0.39, 0.29) is 18.0 Å². The fourth-order valence-corrected chi connectivity index (χ4v) is 3.84. The lowest BCUT2D eigenvalue weighted by molar-refractivity contribution is -0.117. The lowest BCUT2D eigenvalue weighted by Gasteiger charge is -2.21. The first-order chi connectivity index (χ1) is 15.6. The van der Waals surface area contributed by atoms with Gasteiger partial charge in [0.2, 0.25) is 5.91 Å². The molecule has 32 heavy (non-hydrogen) atoms. The van der Waals surface area contributed by atoms with Crippen LogP contribution in [0.15, 0.2) is 83.7 Å². The molecule has 0 saturated carbocycles. The molecule has 0 spiro atoms. The number of benzene rings is 3. The van der Waals surface area contributed by atoms with Gasteiger partial charge >= 0.3 is 0 Å². The van der Waals surface area contributed by atoms with Crippen LogP contribution in [0.4, 0.5) is 11.4 Å². The van der Waals surface area contributed by atoms with Gasteiger partial charge in [-0.15, -0.1) is 0 Å². The van der Waals surface area contributed by atoms with Crippen molar-refractivity contribution >= 4 is 28.1 Å². The summed E-state index contributed by atoms with van der Waals surface area (Å²) in [6.07, 6.45) is 0. The van der Waals surface area contributed by atoms with Gasteiger partial charge in [0.15, 0.2) is 0 Å². The molecule has 0 atom stereocenters. The molecule has 0 unspecified atom stereocenters. The van der Waals surface area contributed by atoms with Crippen LogP contribution in [0.2, 0.25) is 0 Å². The minimum absolute atomic E-state index is 0.158. The summed E-state index contributed by atoms with van der Waals surface area (Å²) >= 11 is 0. The topological polar surface area (TPSA) is 67.2 Å². The summed E-state index contributed by atoms with van der Waals surface area (Å²) in [5.41, 5.74) is 3.04. The van der Waals surface area contributed by atoms with Crippen molar-refractivity contribution < 1.29 is 4.79 Å². The molecular formula is C26H26N4O2. The van der Waals surface area contributed by atoms with Gasteiger partial charge in [-0.05, 0) is 55.0 Å². The first-order valence-electron chi connectivity index (χ1n) is 10.8. The van der Waals surface area contributed by atoms with Crippen molar-refractivity contribution in [2.45, 2.75) is 20.4 Å². The Hall–Kier alpha value is -3.93. The van der Waals surface area contributed by atoms with Crippen molar-refractivity contribution in [3.05, 3.63) is 89.2 Å². The number of carbonyl (C=O) groups excluding carboxylic acids is 1. The fraction of sp³-hybridized carbons (Fsp3) is 0.192. The fourth-order valence-electron chi connectivity index (χ4n) is 3.84. The van der Waals surface area contributed by atoms with Crippen LogP contribution in [0.1, 0.15) is 13.8 Å². The van der Waals surface area contributed by atoms with E-state index in [2.05, 4.69) is 29.2 Å². The van der Waals surface area contributed by atoms with E-state index in [1.807, 2.05) is 66.7 Å². The van der Waals surface area contributed by atoms with Crippen LogP contribution >= 0.6 is 0 Å². The number of nitrogens with zero attached hydrogens (tertiary/aromatic N) is 3. The molecule has 0 bridgehead atoms. The van der Waals surface area contributed by atoms with Gasteiger partial charge in [-0.2, -0.15) is 5.10 Å². The molecule has 1 N–H and O–H groups in total. The molecule has 0 aliphatic rings. The summed E-state index contributed by atoms with van der Waals surface area (Å²) in [7, 11) is 0. The number of anilines is 2. The second-order valence-electron chi connectivity index (χ2n) is 7.51. The highest BCUT2D eigenvalue weighted by Crippen LogP contribution is 2.26. The Morgan fingerprint density at radius 2 is 1.62 bits per heavy atom. The molecule has 6 heteroatoms. The maximum absolute atomic E-state index is 12.6. The number of nitrogens with one attached hydrogen (secondary N) is 1. The lowest BCUT2D eigenvalue weighted by atomic mass is 10.0. The minimum Gasteiger partial charge on any atom is -0.372 e. The van der Waals surface area contributed by atoms with E-state index in [9.17, 15) is 9.59 Å².